The quantitative estimate of drug-likeness (QED) is 0.746. The van der Waals surface area contributed by atoms with Crippen LogP contribution in [0.3, 0.4) is 0 Å². The summed E-state index contributed by atoms with van der Waals surface area (Å²) < 4.78 is 2.75. The number of aromatic nitrogens is 1. The largest absolute Gasteiger partial charge is 0.350 e. The van der Waals surface area contributed by atoms with Crippen molar-refractivity contribution in [1.29, 1.82) is 0 Å². The summed E-state index contributed by atoms with van der Waals surface area (Å²) in [5, 5.41) is 3.44. The molecule has 0 aliphatic carbocycles. The highest BCUT2D eigenvalue weighted by molar-refractivity contribution is 9.10. The van der Waals surface area contributed by atoms with E-state index in [-0.39, 0.29) is 22.9 Å². The Kier molecular flexibility index (Phi) is 4.53. The molecule has 0 spiro atoms. The van der Waals surface area contributed by atoms with E-state index in [2.05, 4.69) is 21.2 Å². The number of fused-ring (bicyclic) bond motifs is 1. The second-order valence-electron chi connectivity index (χ2n) is 5.75. The van der Waals surface area contributed by atoms with Crippen LogP contribution in [0.25, 0.3) is 10.9 Å². The molecule has 1 heterocycles. The maximum absolute atomic E-state index is 12.6. The minimum atomic E-state index is -0.367. The summed E-state index contributed by atoms with van der Waals surface area (Å²) in [7, 11) is 1.83. The van der Waals surface area contributed by atoms with Crippen molar-refractivity contribution in [2.45, 2.75) is 13.0 Å². The summed E-state index contributed by atoms with van der Waals surface area (Å²) in [4.78, 5) is 25.2. The predicted octanol–water partition coefficient (Wildman–Crippen LogP) is 3.79. The number of benzene rings is 2. The van der Waals surface area contributed by atoms with Gasteiger partial charge in [0.2, 0.25) is 5.43 Å². The van der Waals surface area contributed by atoms with Crippen LogP contribution in [0.15, 0.2) is 64.0 Å². The third-order valence-corrected chi connectivity index (χ3v) is 4.53. The van der Waals surface area contributed by atoms with Gasteiger partial charge in [-0.15, -0.1) is 0 Å². The van der Waals surface area contributed by atoms with Gasteiger partial charge < -0.3 is 9.88 Å². The van der Waals surface area contributed by atoms with Crippen molar-refractivity contribution in [2.24, 2.45) is 7.05 Å². The monoisotopic (exact) mass is 384 g/mol. The Morgan fingerprint density at radius 1 is 1.17 bits per heavy atom. The zero-order valence-electron chi connectivity index (χ0n) is 13.4. The molecule has 122 valence electrons. The smallest absolute Gasteiger partial charge is 0.257 e. The second kappa shape index (κ2) is 6.61. The fourth-order valence-electron chi connectivity index (χ4n) is 2.74. The molecule has 0 radical (unpaired) electrons. The summed E-state index contributed by atoms with van der Waals surface area (Å²) >= 11 is 3.42. The number of hydrogen-bond donors (Lipinski definition) is 1. The number of pyridine rings is 1. The SMILES string of the molecule is CC(NC(=O)c1cn(C)c2ccccc2c1=O)c1cccc(Br)c1. The molecular formula is C19H17BrN2O2. The normalized spacial score (nSPS) is 12.1. The van der Waals surface area contributed by atoms with Crippen LogP contribution in [0.2, 0.25) is 0 Å². The van der Waals surface area contributed by atoms with E-state index in [4.69, 9.17) is 0 Å². The number of carbonyl (C=O) groups excluding carboxylic acids is 1. The van der Waals surface area contributed by atoms with Crippen LogP contribution >= 0.6 is 15.9 Å². The lowest BCUT2D eigenvalue weighted by Gasteiger charge is -2.15. The lowest BCUT2D eigenvalue weighted by atomic mass is 10.1. The van der Waals surface area contributed by atoms with Crippen molar-refractivity contribution < 1.29 is 4.79 Å². The molecule has 1 atom stereocenters. The number of aryl methyl sites for hydroxylation is 1. The van der Waals surface area contributed by atoms with Crippen LogP contribution < -0.4 is 10.7 Å². The molecule has 1 amide bonds. The summed E-state index contributed by atoms with van der Waals surface area (Å²) in [6.45, 7) is 1.89. The Balaban J connectivity index is 1.94. The van der Waals surface area contributed by atoms with Crippen LogP contribution in [-0.2, 0) is 7.05 Å². The van der Waals surface area contributed by atoms with Crippen molar-refractivity contribution >= 4 is 32.7 Å². The first-order chi connectivity index (χ1) is 11.5. The summed E-state index contributed by atoms with van der Waals surface area (Å²) in [6.07, 6.45) is 1.59. The van der Waals surface area contributed by atoms with Crippen molar-refractivity contribution in [2.75, 3.05) is 0 Å². The van der Waals surface area contributed by atoms with E-state index in [1.54, 1.807) is 22.9 Å². The average molecular weight is 385 g/mol. The molecule has 2 aromatic carbocycles. The molecule has 0 bridgehead atoms. The molecule has 24 heavy (non-hydrogen) atoms. The van der Waals surface area contributed by atoms with Gasteiger partial charge in [0, 0.05) is 23.1 Å². The number of amides is 1. The van der Waals surface area contributed by atoms with E-state index in [1.165, 1.54) is 0 Å². The molecule has 0 aliphatic heterocycles. The summed E-state index contributed by atoms with van der Waals surface area (Å²) in [6, 6.07) is 14.8. The molecule has 3 rings (SSSR count). The molecule has 1 N–H and O–H groups in total. The van der Waals surface area contributed by atoms with E-state index in [0.29, 0.717) is 5.39 Å². The second-order valence-corrected chi connectivity index (χ2v) is 6.67. The van der Waals surface area contributed by atoms with Crippen LogP contribution in [0.1, 0.15) is 28.9 Å². The number of para-hydroxylation sites is 1. The van der Waals surface area contributed by atoms with E-state index in [1.807, 2.05) is 50.4 Å². The van der Waals surface area contributed by atoms with Gasteiger partial charge in [0.1, 0.15) is 5.56 Å². The molecule has 0 fully saturated rings. The minimum absolute atomic E-state index is 0.151. The van der Waals surface area contributed by atoms with E-state index < -0.39 is 0 Å². The van der Waals surface area contributed by atoms with Gasteiger partial charge in [-0.05, 0) is 36.8 Å². The molecule has 4 nitrogen and oxygen atoms in total. The molecular weight excluding hydrogens is 368 g/mol. The lowest BCUT2D eigenvalue weighted by molar-refractivity contribution is 0.0938. The Hall–Kier alpha value is -2.40. The van der Waals surface area contributed by atoms with Crippen LogP contribution in [0, 0.1) is 0 Å². The summed E-state index contributed by atoms with van der Waals surface area (Å²) in [5.41, 5.74) is 1.68. The number of carbonyl (C=O) groups is 1. The van der Waals surface area contributed by atoms with E-state index in [0.717, 1.165) is 15.6 Å². The van der Waals surface area contributed by atoms with E-state index >= 15 is 0 Å². The number of rotatable bonds is 3. The highest BCUT2D eigenvalue weighted by atomic mass is 79.9. The van der Waals surface area contributed by atoms with Gasteiger partial charge in [-0.3, -0.25) is 9.59 Å². The standard InChI is InChI=1S/C19H17BrN2O2/c1-12(13-6-5-7-14(20)10-13)21-19(24)16-11-22(2)17-9-4-3-8-15(17)18(16)23/h3-12H,1-2H3,(H,21,24). The third-order valence-electron chi connectivity index (χ3n) is 4.04. The highest BCUT2D eigenvalue weighted by Crippen LogP contribution is 2.18. The molecule has 0 aliphatic rings. The van der Waals surface area contributed by atoms with E-state index in [9.17, 15) is 9.59 Å². The Morgan fingerprint density at radius 3 is 2.67 bits per heavy atom. The van der Waals surface area contributed by atoms with Gasteiger partial charge in [-0.2, -0.15) is 0 Å². The van der Waals surface area contributed by atoms with Crippen molar-refractivity contribution in [3.05, 3.63) is 80.6 Å². The Morgan fingerprint density at radius 2 is 1.92 bits per heavy atom. The zero-order chi connectivity index (χ0) is 17.3. The molecule has 1 unspecified atom stereocenters. The van der Waals surface area contributed by atoms with Crippen molar-refractivity contribution in [1.82, 2.24) is 9.88 Å². The first kappa shape index (κ1) is 16.5. The van der Waals surface area contributed by atoms with Gasteiger partial charge in [0.15, 0.2) is 0 Å². The van der Waals surface area contributed by atoms with Crippen LogP contribution in [0.4, 0.5) is 0 Å². The lowest BCUT2D eigenvalue weighted by Crippen LogP contribution is -2.31. The van der Waals surface area contributed by atoms with Gasteiger partial charge in [-0.1, -0.05) is 40.2 Å². The van der Waals surface area contributed by atoms with Gasteiger partial charge in [0.25, 0.3) is 5.91 Å². The third kappa shape index (κ3) is 3.12. The fourth-order valence-corrected chi connectivity index (χ4v) is 3.15. The molecule has 0 saturated heterocycles. The van der Waals surface area contributed by atoms with Crippen LogP contribution in [-0.4, -0.2) is 10.5 Å². The highest BCUT2D eigenvalue weighted by Gasteiger charge is 2.17. The number of hydrogen-bond acceptors (Lipinski definition) is 2. The molecule has 0 saturated carbocycles. The van der Waals surface area contributed by atoms with Gasteiger partial charge in [0.05, 0.1) is 11.6 Å². The summed E-state index contributed by atoms with van der Waals surface area (Å²) in [5.74, 6) is -0.367. The van der Waals surface area contributed by atoms with Crippen molar-refractivity contribution in [3.8, 4) is 0 Å². The van der Waals surface area contributed by atoms with Crippen LogP contribution in [0.5, 0.6) is 0 Å². The van der Waals surface area contributed by atoms with Gasteiger partial charge in [-0.25, -0.2) is 0 Å². The molecule has 3 aromatic rings. The van der Waals surface area contributed by atoms with Gasteiger partial charge >= 0.3 is 0 Å². The number of nitrogens with one attached hydrogen (secondary N) is 1. The molecule has 1 aromatic heterocycles. The minimum Gasteiger partial charge on any atom is -0.350 e. The Bertz CT molecular complexity index is 979. The first-order valence-corrected chi connectivity index (χ1v) is 8.41. The Labute approximate surface area is 148 Å². The maximum Gasteiger partial charge on any atom is 0.257 e. The maximum atomic E-state index is 12.6. The first-order valence-electron chi connectivity index (χ1n) is 7.62. The number of halogens is 1. The number of nitrogens with zero attached hydrogens (tertiary/aromatic N) is 1. The zero-order valence-corrected chi connectivity index (χ0v) is 15.0. The topological polar surface area (TPSA) is 51.1 Å². The fraction of sp³-hybridized carbons (Fsp3) is 0.158. The average Bonchev–Trinajstić information content (AvgIpc) is 2.58. The predicted molar refractivity (Wildman–Crippen MR) is 99.2 cm³/mol. The molecule has 5 heteroatoms. The van der Waals surface area contributed by atoms with Crippen molar-refractivity contribution in [3.63, 3.8) is 0 Å².